The molecule has 0 amide bonds. The Morgan fingerprint density at radius 2 is 0.875 bits per heavy atom. The minimum absolute atomic E-state index is 0. The van der Waals surface area contributed by atoms with Crippen LogP contribution in [0.3, 0.4) is 0 Å². The predicted molar refractivity (Wildman–Crippen MR) is 77.4 cm³/mol. The van der Waals surface area contributed by atoms with E-state index in [2.05, 4.69) is 0 Å². The Morgan fingerprint density at radius 1 is 0.875 bits per heavy atom. The monoisotopic (exact) mass is 596 g/mol. The van der Waals surface area contributed by atoms with E-state index in [1.54, 1.807) is 0 Å². The summed E-state index contributed by atoms with van der Waals surface area (Å²) >= 11 is 0. The normalized spacial score (nSPS) is 6.92. The van der Waals surface area contributed by atoms with Gasteiger partial charge < -0.3 is 40.0 Å². The largest absolute Gasteiger partial charge is 2.00 e. The molecular formula is C3H18Ca3NaO13PSZn2. The van der Waals surface area contributed by atoms with E-state index in [0.717, 1.165) is 6.92 Å². The zero-order valence-electron chi connectivity index (χ0n) is 20.0. The standard InChI is InChI=1S/C2H4O2.CH2O3.3Ca.Na.H3O4P.H2O4S.2Zn.7H/c1-2(3)4;2-1(3)4;;;;;2*1-5(2,3)4;;;;;;;;;/h1H3,(H,3,4);(H2,2,3,4);;;;;(H3,1,2,3,4);(H2,1,2,3,4);;;;;;;;;/q;;3*+2;+1;;;;;7*-1. The van der Waals surface area contributed by atoms with Gasteiger partial charge in [0.05, 0.1) is 0 Å². The van der Waals surface area contributed by atoms with Crippen molar-refractivity contribution in [1.82, 2.24) is 0 Å². The van der Waals surface area contributed by atoms with Gasteiger partial charge in [-0.25, -0.2) is 9.36 Å². The third kappa shape index (κ3) is 787. The third-order valence-corrected chi connectivity index (χ3v) is 0. The van der Waals surface area contributed by atoms with Gasteiger partial charge in [0.2, 0.25) is 0 Å². The van der Waals surface area contributed by atoms with Gasteiger partial charge in [0.15, 0.2) is 0 Å². The molecule has 0 atom stereocenters. The molecule has 0 aromatic carbocycles. The number of carboxylic acid groups (broad SMARTS) is 3. The topological polar surface area (TPSA) is 247 Å². The number of carboxylic acids is 1. The van der Waals surface area contributed by atoms with Gasteiger partial charge in [-0.3, -0.25) is 13.9 Å². The second-order valence-electron chi connectivity index (χ2n) is 1.76. The maximum absolute atomic E-state index is 9.00. The van der Waals surface area contributed by atoms with Crippen molar-refractivity contribution < 1.29 is 140 Å². The summed E-state index contributed by atoms with van der Waals surface area (Å²) in [6, 6.07) is 0. The quantitative estimate of drug-likeness (QED) is 0.0743. The molecule has 0 unspecified atom stereocenters. The number of carbonyl (C=O) groups is 2. The average molecular weight is 599 g/mol. The first-order valence-corrected chi connectivity index (χ1v) is 6.02. The van der Waals surface area contributed by atoms with Crippen LogP contribution in [0.25, 0.3) is 0 Å². The Hall–Kier alpha value is 4.75. The van der Waals surface area contributed by atoms with Crippen molar-refractivity contribution in [3.8, 4) is 0 Å². The second kappa shape index (κ2) is 38.4. The van der Waals surface area contributed by atoms with E-state index in [0.29, 0.717) is 0 Å². The minimum Gasteiger partial charge on any atom is -1.00 e. The fraction of sp³-hybridized carbons (Fsp3) is 0.333. The van der Waals surface area contributed by atoms with Crippen LogP contribution in [0.15, 0.2) is 0 Å². The summed E-state index contributed by atoms with van der Waals surface area (Å²) in [5, 5.41) is 21.4. The Morgan fingerprint density at radius 3 is 0.875 bits per heavy atom. The molecule has 0 saturated heterocycles. The molecule has 0 aromatic rings. The SMILES string of the molecule is CC(=O)O.O=C(O)O.O=P(O)(O)O.O=S(=O)(O)O.[Ca+2].[Ca+2].[Ca+2].[H-].[H-].[H-].[H-].[H-].[H-].[H-].[Na+].[Zn].[Zn]. The van der Waals surface area contributed by atoms with Gasteiger partial charge in [0.25, 0.3) is 5.97 Å². The average Bonchev–Trinajstić information content (AvgIpc) is 1.70. The molecule has 130 valence electrons. The first-order chi connectivity index (χ1) is 7.46. The van der Waals surface area contributed by atoms with Gasteiger partial charge in [-0.15, -0.1) is 0 Å². The van der Waals surface area contributed by atoms with Crippen LogP contribution in [0.5, 0.6) is 0 Å². The van der Waals surface area contributed by atoms with Crippen molar-refractivity contribution in [1.29, 1.82) is 0 Å². The Kier molecular flexibility index (Phi) is 101. The van der Waals surface area contributed by atoms with Gasteiger partial charge in [-0.1, -0.05) is 0 Å². The van der Waals surface area contributed by atoms with Crippen molar-refractivity contribution in [2.75, 3.05) is 0 Å². The fourth-order valence-corrected chi connectivity index (χ4v) is 0. The Balaban J connectivity index is -0.00000000495. The molecule has 24 heavy (non-hydrogen) atoms. The van der Waals surface area contributed by atoms with E-state index in [-0.39, 0.29) is 192 Å². The molecular weight excluding hydrogens is 581 g/mol. The van der Waals surface area contributed by atoms with Crippen molar-refractivity contribution in [3.63, 3.8) is 0 Å². The minimum atomic E-state index is -4.67. The summed E-state index contributed by atoms with van der Waals surface area (Å²) in [4.78, 5) is 39.1. The predicted octanol–water partition coefficient (Wildman–Crippen LogP) is -4.62. The van der Waals surface area contributed by atoms with Gasteiger partial charge in [-0.2, -0.15) is 8.42 Å². The first-order valence-electron chi connectivity index (χ1n) is 3.06. The third-order valence-electron chi connectivity index (χ3n) is 0. The molecule has 0 bridgehead atoms. The summed E-state index contributed by atoms with van der Waals surface area (Å²) in [6.07, 6.45) is -1.83. The van der Waals surface area contributed by atoms with Crippen LogP contribution in [0, 0.1) is 0 Å². The van der Waals surface area contributed by atoms with Crippen LogP contribution in [0.1, 0.15) is 16.9 Å². The smallest absolute Gasteiger partial charge is 1.00 e. The summed E-state index contributed by atoms with van der Waals surface area (Å²) in [5.74, 6) is -0.833. The number of aliphatic carboxylic acids is 1. The number of rotatable bonds is 0. The van der Waals surface area contributed by atoms with Crippen molar-refractivity contribution in [2.24, 2.45) is 0 Å². The molecule has 0 spiro atoms. The molecule has 0 fully saturated rings. The maximum Gasteiger partial charge on any atom is 2.00 e. The van der Waals surface area contributed by atoms with E-state index in [1.807, 2.05) is 0 Å². The molecule has 0 aliphatic heterocycles. The number of hydrogen-bond donors (Lipinski definition) is 8. The molecule has 0 radical (unpaired) electrons. The molecule has 13 nitrogen and oxygen atoms in total. The molecule has 0 heterocycles. The van der Waals surface area contributed by atoms with E-state index in [1.165, 1.54) is 0 Å². The van der Waals surface area contributed by atoms with E-state index in [9.17, 15) is 0 Å². The molecule has 0 aromatic heterocycles. The van der Waals surface area contributed by atoms with E-state index < -0.39 is 30.3 Å². The van der Waals surface area contributed by atoms with Crippen LogP contribution < -0.4 is 29.6 Å². The fourth-order valence-electron chi connectivity index (χ4n) is 0. The number of hydrogen-bond acceptors (Lipinski definition) is 5. The molecule has 0 rings (SSSR count). The van der Waals surface area contributed by atoms with Crippen molar-refractivity contribution in [3.05, 3.63) is 0 Å². The van der Waals surface area contributed by atoms with Gasteiger partial charge in [-0.05, 0) is 0 Å². The molecule has 0 saturated carbocycles. The maximum atomic E-state index is 9.00. The summed E-state index contributed by atoms with van der Waals surface area (Å²) in [7, 11) is -9.31. The number of phosphoric acid groups is 1. The van der Waals surface area contributed by atoms with Crippen molar-refractivity contribution >= 4 is 144 Å². The summed E-state index contributed by atoms with van der Waals surface area (Å²) in [5.41, 5.74) is 0. The van der Waals surface area contributed by atoms with Crippen LogP contribution >= 0.6 is 7.82 Å². The molecule has 21 heteroatoms. The first kappa shape index (κ1) is 63.0. The van der Waals surface area contributed by atoms with Gasteiger partial charge in [0.1, 0.15) is 0 Å². The van der Waals surface area contributed by atoms with Crippen molar-refractivity contribution in [2.45, 2.75) is 6.92 Å². The van der Waals surface area contributed by atoms with E-state index in [4.69, 9.17) is 61.7 Å². The molecule has 0 aliphatic carbocycles. The van der Waals surface area contributed by atoms with Crippen LogP contribution in [-0.4, -0.2) is 173 Å². The van der Waals surface area contributed by atoms with Crippen LogP contribution in [0.2, 0.25) is 0 Å². The summed E-state index contributed by atoms with van der Waals surface area (Å²) < 4.78 is 40.5. The molecule has 8 N–H and O–H groups in total. The summed E-state index contributed by atoms with van der Waals surface area (Å²) in [6.45, 7) is 1.08. The Bertz CT molecular complexity index is 378. The van der Waals surface area contributed by atoms with Gasteiger partial charge in [0, 0.05) is 45.9 Å². The van der Waals surface area contributed by atoms with Crippen LogP contribution in [0.4, 0.5) is 4.79 Å². The van der Waals surface area contributed by atoms with Gasteiger partial charge >= 0.3 is 167 Å². The zero-order valence-corrected chi connectivity index (χ0v) is 29.3. The second-order valence-corrected chi connectivity index (χ2v) is 3.68. The molecule has 0 aliphatic rings. The zero-order chi connectivity index (χ0) is 16.2. The van der Waals surface area contributed by atoms with Crippen LogP contribution in [-0.2, 0) is 58.7 Å². The Labute approximate surface area is 285 Å². The van der Waals surface area contributed by atoms with E-state index >= 15 is 0 Å².